The molecule has 1 aliphatic rings. The average molecular weight is 311 g/mol. The third kappa shape index (κ3) is 4.56. The monoisotopic (exact) mass is 311 g/mol. The van der Waals surface area contributed by atoms with Crippen molar-refractivity contribution in [3.05, 3.63) is 23.8 Å². The minimum atomic E-state index is 0.710. The number of ether oxygens (including phenoxy) is 3. The number of hydrogen-bond donors (Lipinski definition) is 2. The van der Waals surface area contributed by atoms with Gasteiger partial charge < -0.3 is 24.4 Å². The Kier molecular flexibility index (Phi) is 6.22. The van der Waals surface area contributed by atoms with Gasteiger partial charge in [-0.3, -0.25) is 0 Å². The number of morpholine rings is 1. The number of rotatable bonds is 6. The molecule has 0 amide bonds. The van der Waals surface area contributed by atoms with E-state index < -0.39 is 0 Å². The lowest BCUT2D eigenvalue weighted by atomic mass is 10.2. The lowest BCUT2D eigenvalue weighted by Crippen LogP contribution is -3.14. The molecule has 0 spiro atoms. The number of quaternary nitrogens is 1. The Morgan fingerprint density at radius 3 is 2.71 bits per heavy atom. The van der Waals surface area contributed by atoms with Crippen LogP contribution in [0.4, 0.5) is 0 Å². The summed E-state index contributed by atoms with van der Waals surface area (Å²) in [6.07, 6.45) is 0. The molecule has 21 heavy (non-hydrogen) atoms. The van der Waals surface area contributed by atoms with Crippen molar-refractivity contribution >= 4 is 17.2 Å². The van der Waals surface area contributed by atoms with Crippen LogP contribution >= 0.6 is 12.2 Å². The fraction of sp³-hybridized carbons (Fsp3) is 0.533. The number of hydrogen-bond acceptors (Lipinski definition) is 4. The maximum absolute atomic E-state index is 5.45. The molecule has 5 nitrogen and oxygen atoms in total. The summed E-state index contributed by atoms with van der Waals surface area (Å²) in [7, 11) is 3.27. The van der Waals surface area contributed by atoms with Crippen molar-refractivity contribution in [2.75, 3.05) is 53.6 Å². The van der Waals surface area contributed by atoms with Gasteiger partial charge in [0.05, 0.1) is 46.1 Å². The van der Waals surface area contributed by atoms with E-state index in [1.165, 1.54) is 0 Å². The highest BCUT2D eigenvalue weighted by Gasteiger charge is 2.14. The van der Waals surface area contributed by atoms with Gasteiger partial charge >= 0.3 is 0 Å². The maximum atomic E-state index is 5.45. The first-order valence-corrected chi connectivity index (χ1v) is 7.57. The van der Waals surface area contributed by atoms with E-state index >= 15 is 0 Å². The van der Waals surface area contributed by atoms with E-state index in [0.29, 0.717) is 4.99 Å². The highest BCUT2D eigenvalue weighted by Crippen LogP contribution is 2.24. The van der Waals surface area contributed by atoms with Gasteiger partial charge in [-0.25, -0.2) is 0 Å². The van der Waals surface area contributed by atoms with Crippen LogP contribution in [0, 0.1) is 0 Å². The van der Waals surface area contributed by atoms with Gasteiger partial charge in [0.15, 0.2) is 0 Å². The van der Waals surface area contributed by atoms with Crippen LogP contribution in [0.3, 0.4) is 0 Å². The highest BCUT2D eigenvalue weighted by molar-refractivity contribution is 7.80. The maximum Gasteiger partial charge on any atom is 0.132 e. The predicted molar refractivity (Wildman–Crippen MR) is 85.6 cm³/mol. The minimum absolute atomic E-state index is 0.710. The molecule has 1 aromatic carbocycles. The van der Waals surface area contributed by atoms with E-state index in [-0.39, 0.29) is 0 Å². The van der Waals surface area contributed by atoms with E-state index in [4.69, 9.17) is 26.4 Å². The average Bonchev–Trinajstić information content (AvgIpc) is 2.55. The second-order valence-electron chi connectivity index (χ2n) is 4.93. The summed E-state index contributed by atoms with van der Waals surface area (Å²) in [5.41, 5.74) is 0.894. The van der Waals surface area contributed by atoms with Crippen LogP contribution in [0.25, 0.3) is 0 Å². The normalized spacial score (nSPS) is 15.5. The van der Waals surface area contributed by atoms with E-state index in [9.17, 15) is 0 Å². The molecule has 1 aromatic rings. The van der Waals surface area contributed by atoms with E-state index in [1.54, 1.807) is 19.1 Å². The van der Waals surface area contributed by atoms with Crippen molar-refractivity contribution in [1.29, 1.82) is 0 Å². The first kappa shape index (κ1) is 16.0. The quantitative estimate of drug-likeness (QED) is 0.718. The highest BCUT2D eigenvalue weighted by atomic mass is 32.1. The fourth-order valence-electron chi connectivity index (χ4n) is 2.34. The second kappa shape index (κ2) is 8.17. The lowest BCUT2D eigenvalue weighted by molar-refractivity contribution is -0.906. The van der Waals surface area contributed by atoms with E-state index in [0.717, 1.165) is 56.5 Å². The van der Waals surface area contributed by atoms with Crippen LogP contribution in [0.1, 0.15) is 5.56 Å². The zero-order valence-corrected chi connectivity index (χ0v) is 13.4. The van der Waals surface area contributed by atoms with Crippen LogP contribution in [-0.4, -0.2) is 58.6 Å². The van der Waals surface area contributed by atoms with Crippen LogP contribution in [0.15, 0.2) is 18.2 Å². The largest absolute Gasteiger partial charge is 0.497 e. The molecule has 1 aliphatic heterocycles. The summed E-state index contributed by atoms with van der Waals surface area (Å²) in [6.45, 7) is 5.74. The first-order valence-electron chi connectivity index (χ1n) is 7.16. The van der Waals surface area contributed by atoms with Crippen molar-refractivity contribution < 1.29 is 19.1 Å². The Balaban J connectivity index is 1.87. The van der Waals surface area contributed by atoms with Gasteiger partial charge in [-0.1, -0.05) is 12.2 Å². The zero-order valence-electron chi connectivity index (χ0n) is 12.6. The molecule has 2 N–H and O–H groups in total. The molecule has 1 heterocycles. The zero-order chi connectivity index (χ0) is 15.1. The van der Waals surface area contributed by atoms with Crippen LogP contribution in [0.5, 0.6) is 11.5 Å². The molecule has 1 fully saturated rings. The van der Waals surface area contributed by atoms with Crippen molar-refractivity contribution in [1.82, 2.24) is 5.32 Å². The van der Waals surface area contributed by atoms with Crippen LogP contribution in [-0.2, 0) is 4.74 Å². The second-order valence-corrected chi connectivity index (χ2v) is 5.34. The van der Waals surface area contributed by atoms with Crippen molar-refractivity contribution in [2.24, 2.45) is 0 Å². The van der Waals surface area contributed by atoms with Crippen molar-refractivity contribution in [2.45, 2.75) is 0 Å². The molecule has 0 bridgehead atoms. The number of methoxy groups -OCH3 is 2. The first-order chi connectivity index (χ1) is 10.2. The molecule has 0 aromatic heterocycles. The SMILES string of the molecule is COc1ccc(C(=S)NCC[NH+]2CCOCC2)c(OC)c1. The third-order valence-electron chi connectivity index (χ3n) is 3.62. The standard InChI is InChI=1S/C15H22N2O3S/c1-18-12-3-4-13(14(11-12)19-2)15(21)16-5-6-17-7-9-20-10-8-17/h3-4,11H,5-10H2,1-2H3,(H,16,21)/p+1. The molecule has 0 aliphatic carbocycles. The molecule has 1 saturated heterocycles. The Hall–Kier alpha value is -1.37. The Bertz CT molecular complexity index is 476. The summed E-state index contributed by atoms with van der Waals surface area (Å²) in [4.78, 5) is 2.26. The smallest absolute Gasteiger partial charge is 0.132 e. The summed E-state index contributed by atoms with van der Waals surface area (Å²) in [6, 6.07) is 5.66. The van der Waals surface area contributed by atoms with Gasteiger partial charge in [0.25, 0.3) is 0 Å². The Labute approximate surface area is 131 Å². The van der Waals surface area contributed by atoms with Crippen molar-refractivity contribution in [3.63, 3.8) is 0 Å². The molecule has 0 saturated carbocycles. The molecule has 0 atom stereocenters. The number of benzene rings is 1. The van der Waals surface area contributed by atoms with Gasteiger partial charge in [-0.2, -0.15) is 0 Å². The number of thiocarbonyl (C=S) groups is 1. The molecule has 6 heteroatoms. The molecule has 2 rings (SSSR count). The minimum Gasteiger partial charge on any atom is -0.497 e. The predicted octanol–water partition coefficient (Wildman–Crippen LogP) is -0.116. The molecule has 0 radical (unpaired) electrons. The van der Waals surface area contributed by atoms with E-state index in [1.807, 2.05) is 18.2 Å². The fourth-order valence-corrected chi connectivity index (χ4v) is 2.61. The van der Waals surface area contributed by atoms with E-state index in [2.05, 4.69) is 5.32 Å². The molecule has 0 unspecified atom stereocenters. The topological polar surface area (TPSA) is 44.2 Å². The molecular formula is C15H23N2O3S+. The number of nitrogens with one attached hydrogen (secondary N) is 2. The summed E-state index contributed by atoms with van der Waals surface area (Å²) in [5.74, 6) is 1.49. The Morgan fingerprint density at radius 1 is 1.29 bits per heavy atom. The summed E-state index contributed by atoms with van der Waals surface area (Å²) < 4.78 is 15.9. The summed E-state index contributed by atoms with van der Waals surface area (Å²) in [5, 5.41) is 3.31. The van der Waals surface area contributed by atoms with Gasteiger partial charge in [0.2, 0.25) is 0 Å². The summed E-state index contributed by atoms with van der Waals surface area (Å²) >= 11 is 5.45. The Morgan fingerprint density at radius 2 is 2.05 bits per heavy atom. The van der Waals surface area contributed by atoms with Crippen LogP contribution < -0.4 is 19.7 Å². The van der Waals surface area contributed by atoms with Gasteiger partial charge in [0, 0.05) is 6.07 Å². The molecule has 116 valence electrons. The van der Waals surface area contributed by atoms with Crippen LogP contribution in [0.2, 0.25) is 0 Å². The lowest BCUT2D eigenvalue weighted by Gasteiger charge is -2.24. The van der Waals surface area contributed by atoms with Gasteiger partial charge in [-0.15, -0.1) is 0 Å². The molecular weight excluding hydrogens is 288 g/mol. The van der Waals surface area contributed by atoms with Gasteiger partial charge in [-0.05, 0) is 12.1 Å². The van der Waals surface area contributed by atoms with Gasteiger partial charge in [0.1, 0.15) is 29.6 Å². The third-order valence-corrected chi connectivity index (χ3v) is 3.98. The van der Waals surface area contributed by atoms with Crippen molar-refractivity contribution in [3.8, 4) is 11.5 Å².